The standard InChI is InChI=1S/C30H38N4O2/c1-21(23-8-4-2-5-9-23)32-29(35)24-12-15-28-26(18-24)27(30(36)33-28)19-31-25-13-10-22(11-14-25)20-34-16-6-3-7-17-34/h10-15,18-19,21,23,31H,2-9,16-17,20H2,1H3,(H,32,35)(H,33,36)/b27-19-/t21-/m1/s1. The van der Waals surface area contributed by atoms with E-state index in [1.54, 1.807) is 12.3 Å². The fourth-order valence-electron chi connectivity index (χ4n) is 5.75. The molecule has 1 aliphatic carbocycles. The van der Waals surface area contributed by atoms with E-state index in [1.807, 2.05) is 12.1 Å². The molecule has 1 saturated carbocycles. The van der Waals surface area contributed by atoms with Crippen LogP contribution in [-0.2, 0) is 11.3 Å². The van der Waals surface area contributed by atoms with Gasteiger partial charge in [0, 0.05) is 41.3 Å². The Morgan fingerprint density at radius 1 is 1.03 bits per heavy atom. The number of carbonyl (C=O) groups excluding carboxylic acids is 2. The van der Waals surface area contributed by atoms with Crippen LogP contribution >= 0.6 is 0 Å². The first-order valence-corrected chi connectivity index (χ1v) is 13.6. The Balaban J connectivity index is 1.24. The predicted molar refractivity (Wildman–Crippen MR) is 146 cm³/mol. The van der Waals surface area contributed by atoms with E-state index in [2.05, 4.69) is 52.0 Å². The molecule has 0 aromatic heterocycles. The van der Waals surface area contributed by atoms with Gasteiger partial charge in [0.15, 0.2) is 0 Å². The zero-order valence-electron chi connectivity index (χ0n) is 21.3. The minimum Gasteiger partial charge on any atom is -0.361 e. The summed E-state index contributed by atoms with van der Waals surface area (Å²) in [6.07, 6.45) is 11.8. The number of nitrogens with zero attached hydrogens (tertiary/aromatic N) is 1. The van der Waals surface area contributed by atoms with E-state index in [9.17, 15) is 9.59 Å². The molecular weight excluding hydrogens is 448 g/mol. The molecule has 0 unspecified atom stereocenters. The maximum atomic E-state index is 13.0. The fourth-order valence-corrected chi connectivity index (χ4v) is 5.75. The third kappa shape index (κ3) is 5.81. The predicted octanol–water partition coefficient (Wildman–Crippen LogP) is 5.78. The average molecular weight is 487 g/mol. The normalized spacial score (nSPS) is 20.6. The molecule has 6 heteroatoms. The molecule has 0 bridgehead atoms. The molecule has 6 nitrogen and oxygen atoms in total. The van der Waals surface area contributed by atoms with Crippen LogP contribution in [0.2, 0.25) is 0 Å². The first-order chi connectivity index (χ1) is 17.6. The number of carbonyl (C=O) groups is 2. The summed E-state index contributed by atoms with van der Waals surface area (Å²) < 4.78 is 0. The van der Waals surface area contributed by atoms with Gasteiger partial charge in [-0.15, -0.1) is 0 Å². The Morgan fingerprint density at radius 3 is 2.50 bits per heavy atom. The Morgan fingerprint density at radius 2 is 1.75 bits per heavy atom. The van der Waals surface area contributed by atoms with Gasteiger partial charge in [-0.05, 0) is 87.5 Å². The maximum absolute atomic E-state index is 13.0. The lowest BCUT2D eigenvalue weighted by atomic mass is 9.84. The molecule has 2 heterocycles. The molecule has 3 aliphatic rings. The van der Waals surface area contributed by atoms with E-state index in [4.69, 9.17) is 0 Å². The molecule has 36 heavy (non-hydrogen) atoms. The molecule has 0 spiro atoms. The lowest BCUT2D eigenvalue weighted by molar-refractivity contribution is -0.110. The molecule has 2 aromatic rings. The Bertz CT molecular complexity index is 1110. The van der Waals surface area contributed by atoms with E-state index in [1.165, 1.54) is 70.0 Å². The van der Waals surface area contributed by atoms with Gasteiger partial charge in [0.1, 0.15) is 0 Å². The molecule has 0 radical (unpaired) electrons. The smallest absolute Gasteiger partial charge is 0.257 e. The van der Waals surface area contributed by atoms with Crippen molar-refractivity contribution in [2.45, 2.75) is 70.9 Å². The van der Waals surface area contributed by atoms with E-state index < -0.39 is 0 Å². The molecule has 190 valence electrons. The summed E-state index contributed by atoms with van der Waals surface area (Å²) in [7, 11) is 0. The molecular formula is C30H38N4O2. The molecule has 1 atom stereocenters. The van der Waals surface area contributed by atoms with Crippen molar-refractivity contribution >= 4 is 28.8 Å². The van der Waals surface area contributed by atoms with Gasteiger partial charge in [-0.25, -0.2) is 0 Å². The van der Waals surface area contributed by atoms with Crippen LogP contribution in [0.15, 0.2) is 48.7 Å². The van der Waals surface area contributed by atoms with Crippen LogP contribution < -0.4 is 16.0 Å². The highest BCUT2D eigenvalue weighted by atomic mass is 16.2. The van der Waals surface area contributed by atoms with Gasteiger partial charge >= 0.3 is 0 Å². The summed E-state index contributed by atoms with van der Waals surface area (Å²) in [5, 5.41) is 9.38. The topological polar surface area (TPSA) is 73.5 Å². The number of rotatable bonds is 7. The van der Waals surface area contributed by atoms with Crippen LogP contribution in [0.1, 0.15) is 79.8 Å². The monoisotopic (exact) mass is 486 g/mol. The third-order valence-electron chi connectivity index (χ3n) is 7.97. The lowest BCUT2D eigenvalue weighted by Crippen LogP contribution is -2.38. The molecule has 2 amide bonds. The van der Waals surface area contributed by atoms with Crippen LogP contribution in [0.3, 0.4) is 0 Å². The highest BCUT2D eigenvalue weighted by molar-refractivity contribution is 6.32. The Hall–Kier alpha value is -3.12. The Kier molecular flexibility index (Phi) is 7.71. The second kappa shape index (κ2) is 11.3. The second-order valence-electron chi connectivity index (χ2n) is 10.6. The highest BCUT2D eigenvalue weighted by Crippen LogP contribution is 2.33. The number of anilines is 2. The maximum Gasteiger partial charge on any atom is 0.257 e. The molecule has 2 fully saturated rings. The van der Waals surface area contributed by atoms with Crippen molar-refractivity contribution in [3.05, 3.63) is 65.4 Å². The van der Waals surface area contributed by atoms with Crippen LogP contribution in [-0.4, -0.2) is 35.8 Å². The van der Waals surface area contributed by atoms with Gasteiger partial charge in [-0.1, -0.05) is 37.8 Å². The molecule has 1 saturated heterocycles. The average Bonchev–Trinajstić information content (AvgIpc) is 3.23. The minimum atomic E-state index is -0.160. The van der Waals surface area contributed by atoms with Gasteiger partial charge < -0.3 is 16.0 Å². The molecule has 2 aromatic carbocycles. The summed E-state index contributed by atoms with van der Waals surface area (Å²) in [4.78, 5) is 28.2. The number of likely N-dealkylation sites (tertiary alicyclic amines) is 1. The highest BCUT2D eigenvalue weighted by Gasteiger charge is 2.26. The van der Waals surface area contributed by atoms with Gasteiger partial charge in [0.25, 0.3) is 11.8 Å². The van der Waals surface area contributed by atoms with Crippen LogP contribution in [0.4, 0.5) is 11.4 Å². The SMILES string of the molecule is C[C@@H](NC(=O)c1ccc2c(c1)/C(=C/Nc1ccc(CN3CCCCC3)cc1)C(=O)N2)C1CCCCC1. The zero-order valence-corrected chi connectivity index (χ0v) is 21.3. The van der Waals surface area contributed by atoms with Crippen molar-refractivity contribution in [1.29, 1.82) is 0 Å². The number of fused-ring (bicyclic) bond motifs is 1. The summed E-state index contributed by atoms with van der Waals surface area (Å²) in [5.41, 5.74) is 4.85. The van der Waals surface area contributed by atoms with E-state index in [0.29, 0.717) is 17.1 Å². The number of nitrogens with one attached hydrogen (secondary N) is 3. The second-order valence-corrected chi connectivity index (χ2v) is 10.6. The van der Waals surface area contributed by atoms with Crippen LogP contribution in [0.5, 0.6) is 0 Å². The van der Waals surface area contributed by atoms with Crippen LogP contribution in [0, 0.1) is 5.92 Å². The molecule has 5 rings (SSSR count). The quantitative estimate of drug-likeness (QED) is 0.434. The van der Waals surface area contributed by atoms with Gasteiger partial charge in [0.05, 0.1) is 5.57 Å². The third-order valence-corrected chi connectivity index (χ3v) is 7.97. The van der Waals surface area contributed by atoms with Gasteiger partial charge in [-0.3, -0.25) is 14.5 Å². The summed E-state index contributed by atoms with van der Waals surface area (Å²) >= 11 is 0. The van der Waals surface area contributed by atoms with Gasteiger partial charge in [0.2, 0.25) is 0 Å². The number of hydrogen-bond donors (Lipinski definition) is 3. The van der Waals surface area contributed by atoms with Crippen molar-refractivity contribution in [1.82, 2.24) is 10.2 Å². The summed E-state index contributed by atoms with van der Waals surface area (Å²) in [5.74, 6) is 0.311. The zero-order chi connectivity index (χ0) is 24.9. The minimum absolute atomic E-state index is 0.0770. The van der Waals surface area contributed by atoms with Crippen molar-refractivity contribution in [3.63, 3.8) is 0 Å². The summed E-state index contributed by atoms with van der Waals surface area (Å²) in [6, 6.07) is 14.0. The molecule has 2 aliphatic heterocycles. The molecule has 3 N–H and O–H groups in total. The summed E-state index contributed by atoms with van der Waals surface area (Å²) in [6.45, 7) is 5.46. The van der Waals surface area contributed by atoms with E-state index in [0.717, 1.165) is 23.5 Å². The number of benzene rings is 2. The van der Waals surface area contributed by atoms with E-state index >= 15 is 0 Å². The first-order valence-electron chi connectivity index (χ1n) is 13.6. The number of hydrogen-bond acceptors (Lipinski definition) is 4. The van der Waals surface area contributed by atoms with E-state index in [-0.39, 0.29) is 17.9 Å². The number of piperidine rings is 1. The van der Waals surface area contributed by atoms with Gasteiger partial charge in [-0.2, -0.15) is 0 Å². The van der Waals surface area contributed by atoms with Crippen molar-refractivity contribution in [2.24, 2.45) is 5.92 Å². The number of amides is 2. The first kappa shape index (κ1) is 24.6. The lowest BCUT2D eigenvalue weighted by Gasteiger charge is -2.28. The van der Waals surface area contributed by atoms with Crippen molar-refractivity contribution < 1.29 is 9.59 Å². The van der Waals surface area contributed by atoms with Crippen LogP contribution in [0.25, 0.3) is 5.57 Å². The largest absolute Gasteiger partial charge is 0.361 e. The van der Waals surface area contributed by atoms with Crippen molar-refractivity contribution in [3.8, 4) is 0 Å². The fraction of sp³-hybridized carbons (Fsp3) is 0.467. The Labute approximate surface area is 214 Å². The van der Waals surface area contributed by atoms with Crippen molar-refractivity contribution in [2.75, 3.05) is 23.7 Å².